The molecule has 15 heavy (non-hydrogen) atoms. The number of benzene rings is 1. The molecule has 82 valence electrons. The van der Waals surface area contributed by atoms with Crippen LogP contribution in [0, 0.1) is 0 Å². The Bertz CT molecular complexity index is 311. The monoisotopic (exact) mass is 225 g/mol. The van der Waals surface area contributed by atoms with Gasteiger partial charge >= 0.3 is 0 Å². The lowest BCUT2D eigenvalue weighted by Gasteiger charge is -2.05. The van der Waals surface area contributed by atoms with E-state index in [1.165, 1.54) is 4.90 Å². The molecule has 0 spiro atoms. The number of hydrogen-bond acceptors (Lipinski definition) is 3. The molecule has 1 aromatic rings. The zero-order valence-electron chi connectivity index (χ0n) is 8.95. The Morgan fingerprint density at radius 2 is 2.07 bits per heavy atom. The number of nitrogens with one attached hydrogen (secondary N) is 1. The Balaban J connectivity index is 2.46. The van der Waals surface area contributed by atoms with Gasteiger partial charge in [0.15, 0.2) is 0 Å². The van der Waals surface area contributed by atoms with Crippen molar-refractivity contribution in [1.82, 2.24) is 0 Å². The molecule has 0 unspecified atom stereocenters. The van der Waals surface area contributed by atoms with Crippen molar-refractivity contribution in [3.63, 3.8) is 0 Å². The van der Waals surface area contributed by atoms with Crippen LogP contribution in [-0.4, -0.2) is 25.9 Å². The molecule has 0 saturated heterocycles. The highest BCUT2D eigenvalue weighted by atomic mass is 32.2. The van der Waals surface area contributed by atoms with E-state index >= 15 is 0 Å². The summed E-state index contributed by atoms with van der Waals surface area (Å²) in [6.07, 6.45) is 2.41. The summed E-state index contributed by atoms with van der Waals surface area (Å²) in [6.45, 7) is 0.453. The maximum Gasteiger partial charge on any atom is 0.226 e. The maximum absolute atomic E-state index is 11.3. The second kappa shape index (κ2) is 6.48. The SMILES string of the molecule is COCCC(=O)Nc1ccc(SC)cc1. The molecule has 0 aliphatic carbocycles. The molecule has 1 aromatic carbocycles. The van der Waals surface area contributed by atoms with Crippen LogP contribution in [-0.2, 0) is 9.53 Å². The molecule has 3 nitrogen and oxygen atoms in total. The van der Waals surface area contributed by atoms with Gasteiger partial charge in [0.2, 0.25) is 5.91 Å². The van der Waals surface area contributed by atoms with Gasteiger partial charge < -0.3 is 10.1 Å². The summed E-state index contributed by atoms with van der Waals surface area (Å²) in [7, 11) is 1.58. The molecule has 1 amide bonds. The van der Waals surface area contributed by atoms with Crippen LogP contribution in [0.15, 0.2) is 29.2 Å². The Labute approximate surface area is 94.2 Å². The molecular formula is C11H15NO2S. The van der Waals surface area contributed by atoms with E-state index in [0.717, 1.165) is 5.69 Å². The van der Waals surface area contributed by atoms with Gasteiger partial charge in [0.1, 0.15) is 0 Å². The van der Waals surface area contributed by atoms with Crippen LogP contribution >= 0.6 is 11.8 Å². The van der Waals surface area contributed by atoms with Gasteiger partial charge in [0.05, 0.1) is 13.0 Å². The van der Waals surface area contributed by atoms with E-state index in [2.05, 4.69) is 5.32 Å². The first-order valence-electron chi connectivity index (χ1n) is 4.69. The average molecular weight is 225 g/mol. The van der Waals surface area contributed by atoms with E-state index in [0.29, 0.717) is 13.0 Å². The van der Waals surface area contributed by atoms with Crippen LogP contribution in [0.25, 0.3) is 0 Å². The summed E-state index contributed by atoms with van der Waals surface area (Å²) in [5.41, 5.74) is 0.828. The van der Waals surface area contributed by atoms with Crippen LogP contribution in [0.1, 0.15) is 6.42 Å². The first-order valence-corrected chi connectivity index (χ1v) is 5.91. The van der Waals surface area contributed by atoms with Gasteiger partial charge in [0.25, 0.3) is 0 Å². The molecule has 1 rings (SSSR count). The van der Waals surface area contributed by atoms with Crippen molar-refractivity contribution in [3.8, 4) is 0 Å². The zero-order valence-corrected chi connectivity index (χ0v) is 9.76. The van der Waals surface area contributed by atoms with E-state index in [4.69, 9.17) is 4.74 Å². The molecule has 0 aliphatic heterocycles. The van der Waals surface area contributed by atoms with Crippen molar-refractivity contribution in [1.29, 1.82) is 0 Å². The molecule has 0 atom stereocenters. The van der Waals surface area contributed by atoms with Crippen molar-refractivity contribution in [2.24, 2.45) is 0 Å². The molecule has 4 heteroatoms. The Hall–Kier alpha value is -1.00. The smallest absolute Gasteiger partial charge is 0.226 e. The molecule has 0 fully saturated rings. The molecule has 0 heterocycles. The first kappa shape index (κ1) is 12.1. The molecule has 0 saturated carbocycles. The predicted molar refractivity (Wildman–Crippen MR) is 63.3 cm³/mol. The lowest BCUT2D eigenvalue weighted by molar-refractivity contribution is -0.117. The van der Waals surface area contributed by atoms with Crippen molar-refractivity contribution in [3.05, 3.63) is 24.3 Å². The Morgan fingerprint density at radius 1 is 1.40 bits per heavy atom. The number of rotatable bonds is 5. The number of thioether (sulfide) groups is 1. The molecule has 0 aliphatic rings. The number of anilines is 1. The summed E-state index contributed by atoms with van der Waals surface area (Å²) in [5.74, 6) is -0.0197. The van der Waals surface area contributed by atoms with Gasteiger partial charge in [-0.25, -0.2) is 0 Å². The van der Waals surface area contributed by atoms with Crippen molar-refractivity contribution >= 4 is 23.4 Å². The van der Waals surface area contributed by atoms with E-state index in [9.17, 15) is 4.79 Å². The highest BCUT2D eigenvalue weighted by Gasteiger charge is 2.01. The second-order valence-electron chi connectivity index (χ2n) is 3.02. The number of carbonyl (C=O) groups excluding carboxylic acids is 1. The van der Waals surface area contributed by atoms with Crippen molar-refractivity contribution in [2.45, 2.75) is 11.3 Å². The summed E-state index contributed by atoms with van der Waals surface area (Å²) in [6, 6.07) is 7.76. The maximum atomic E-state index is 11.3. The summed E-state index contributed by atoms with van der Waals surface area (Å²) < 4.78 is 4.82. The van der Waals surface area contributed by atoms with Crippen LogP contribution in [0.4, 0.5) is 5.69 Å². The minimum Gasteiger partial charge on any atom is -0.384 e. The first-order chi connectivity index (χ1) is 7.26. The van der Waals surface area contributed by atoms with Crippen LogP contribution in [0.3, 0.4) is 0 Å². The second-order valence-corrected chi connectivity index (χ2v) is 3.90. The normalized spacial score (nSPS) is 10.0. The number of carbonyl (C=O) groups is 1. The third-order valence-corrected chi connectivity index (χ3v) is 2.65. The lowest BCUT2D eigenvalue weighted by Crippen LogP contribution is -2.13. The molecular weight excluding hydrogens is 210 g/mol. The highest BCUT2D eigenvalue weighted by Crippen LogP contribution is 2.17. The summed E-state index contributed by atoms with van der Waals surface area (Å²) in [5, 5.41) is 2.80. The number of hydrogen-bond donors (Lipinski definition) is 1. The Kier molecular flexibility index (Phi) is 5.21. The van der Waals surface area contributed by atoms with Gasteiger partial charge in [-0.1, -0.05) is 0 Å². The Morgan fingerprint density at radius 3 is 2.60 bits per heavy atom. The fourth-order valence-corrected chi connectivity index (χ4v) is 1.50. The van der Waals surface area contributed by atoms with Crippen molar-refractivity contribution < 1.29 is 9.53 Å². The number of methoxy groups -OCH3 is 1. The number of amides is 1. The lowest BCUT2D eigenvalue weighted by atomic mass is 10.3. The topological polar surface area (TPSA) is 38.3 Å². The average Bonchev–Trinajstić information content (AvgIpc) is 2.27. The predicted octanol–water partition coefficient (Wildman–Crippen LogP) is 2.38. The fourth-order valence-electron chi connectivity index (χ4n) is 1.09. The van der Waals surface area contributed by atoms with E-state index in [-0.39, 0.29) is 5.91 Å². The minimum atomic E-state index is -0.0197. The van der Waals surface area contributed by atoms with Gasteiger partial charge in [0, 0.05) is 17.7 Å². The fraction of sp³-hybridized carbons (Fsp3) is 0.364. The van der Waals surface area contributed by atoms with E-state index in [1.54, 1.807) is 18.9 Å². The highest BCUT2D eigenvalue weighted by molar-refractivity contribution is 7.98. The number of ether oxygens (including phenoxy) is 1. The van der Waals surface area contributed by atoms with Gasteiger partial charge in [-0.2, -0.15) is 0 Å². The third kappa shape index (κ3) is 4.36. The van der Waals surface area contributed by atoms with Crippen molar-refractivity contribution in [2.75, 3.05) is 25.3 Å². The molecule has 0 bridgehead atoms. The van der Waals surface area contributed by atoms with Crippen LogP contribution in [0.2, 0.25) is 0 Å². The molecule has 0 radical (unpaired) electrons. The van der Waals surface area contributed by atoms with Gasteiger partial charge in [-0.15, -0.1) is 11.8 Å². The van der Waals surface area contributed by atoms with Crippen LogP contribution in [0.5, 0.6) is 0 Å². The van der Waals surface area contributed by atoms with Gasteiger partial charge in [-0.3, -0.25) is 4.79 Å². The van der Waals surface area contributed by atoms with E-state index in [1.807, 2.05) is 30.5 Å². The largest absolute Gasteiger partial charge is 0.384 e. The standard InChI is InChI=1S/C11H15NO2S/c1-14-8-7-11(13)12-9-3-5-10(15-2)6-4-9/h3-6H,7-8H2,1-2H3,(H,12,13). The van der Waals surface area contributed by atoms with E-state index < -0.39 is 0 Å². The van der Waals surface area contributed by atoms with Gasteiger partial charge in [-0.05, 0) is 30.5 Å². The zero-order chi connectivity index (χ0) is 11.1. The quantitative estimate of drug-likeness (QED) is 0.782. The van der Waals surface area contributed by atoms with Crippen LogP contribution < -0.4 is 5.32 Å². The summed E-state index contributed by atoms with van der Waals surface area (Å²) in [4.78, 5) is 12.5. The minimum absolute atomic E-state index is 0.0197. The summed E-state index contributed by atoms with van der Waals surface area (Å²) >= 11 is 1.68. The third-order valence-electron chi connectivity index (χ3n) is 1.91. The molecule has 1 N–H and O–H groups in total. The molecule has 0 aromatic heterocycles.